The Labute approximate surface area is 191 Å². The molecule has 1 saturated heterocycles. The SMILES string of the molecule is O=C(Cc1cccs1)N1CCC(c2nnc(-c3ccccc3)c(-c3ccccc3)n2)CC1. The summed E-state index contributed by atoms with van der Waals surface area (Å²) in [5, 5.41) is 11.2. The van der Waals surface area contributed by atoms with Crippen molar-refractivity contribution in [1.82, 2.24) is 20.1 Å². The predicted octanol–water partition coefficient (Wildman–Crippen LogP) is 5.22. The molecule has 32 heavy (non-hydrogen) atoms. The van der Waals surface area contributed by atoms with E-state index in [0.29, 0.717) is 6.42 Å². The third-order valence-electron chi connectivity index (χ3n) is 5.92. The fourth-order valence-electron chi connectivity index (χ4n) is 4.16. The van der Waals surface area contributed by atoms with Crippen molar-refractivity contribution < 1.29 is 4.79 Å². The Morgan fingerprint density at radius 1 is 0.844 bits per heavy atom. The predicted molar refractivity (Wildman–Crippen MR) is 127 cm³/mol. The summed E-state index contributed by atoms with van der Waals surface area (Å²) >= 11 is 1.64. The summed E-state index contributed by atoms with van der Waals surface area (Å²) in [5.41, 5.74) is 3.69. The highest BCUT2D eigenvalue weighted by atomic mass is 32.1. The third-order valence-corrected chi connectivity index (χ3v) is 6.79. The lowest BCUT2D eigenvalue weighted by Gasteiger charge is -2.31. The van der Waals surface area contributed by atoms with Crippen molar-refractivity contribution in [1.29, 1.82) is 0 Å². The molecule has 0 spiro atoms. The molecular weight excluding hydrogens is 416 g/mol. The van der Waals surface area contributed by atoms with Crippen molar-refractivity contribution >= 4 is 17.2 Å². The van der Waals surface area contributed by atoms with Crippen molar-refractivity contribution in [3.05, 3.63) is 88.9 Å². The maximum absolute atomic E-state index is 12.6. The molecule has 5 rings (SSSR count). The molecule has 0 saturated carbocycles. The van der Waals surface area contributed by atoms with E-state index in [1.165, 1.54) is 0 Å². The van der Waals surface area contributed by atoms with Gasteiger partial charge in [-0.1, -0.05) is 66.7 Å². The topological polar surface area (TPSA) is 59.0 Å². The van der Waals surface area contributed by atoms with Gasteiger partial charge in [-0.25, -0.2) is 4.98 Å². The molecule has 3 heterocycles. The summed E-state index contributed by atoms with van der Waals surface area (Å²) in [5.74, 6) is 1.18. The largest absolute Gasteiger partial charge is 0.342 e. The van der Waals surface area contributed by atoms with Crippen molar-refractivity contribution in [2.45, 2.75) is 25.2 Å². The van der Waals surface area contributed by atoms with Gasteiger partial charge in [-0.15, -0.1) is 21.5 Å². The molecule has 1 aliphatic rings. The van der Waals surface area contributed by atoms with Crippen LogP contribution in [0.4, 0.5) is 0 Å². The molecule has 0 N–H and O–H groups in total. The number of hydrogen-bond acceptors (Lipinski definition) is 5. The lowest BCUT2D eigenvalue weighted by atomic mass is 9.95. The first-order valence-corrected chi connectivity index (χ1v) is 11.8. The lowest BCUT2D eigenvalue weighted by Crippen LogP contribution is -2.39. The van der Waals surface area contributed by atoms with E-state index >= 15 is 0 Å². The minimum Gasteiger partial charge on any atom is -0.342 e. The van der Waals surface area contributed by atoms with Crippen LogP contribution < -0.4 is 0 Å². The number of aromatic nitrogens is 3. The Bertz CT molecular complexity index is 1170. The number of carbonyl (C=O) groups excluding carboxylic acids is 1. The minimum atomic E-state index is 0.203. The highest BCUT2D eigenvalue weighted by molar-refractivity contribution is 7.10. The molecule has 4 aromatic rings. The molecule has 0 radical (unpaired) electrons. The lowest BCUT2D eigenvalue weighted by molar-refractivity contribution is -0.131. The zero-order chi connectivity index (χ0) is 21.8. The molecule has 0 atom stereocenters. The van der Waals surface area contributed by atoms with E-state index in [4.69, 9.17) is 4.98 Å². The number of benzene rings is 2. The van der Waals surface area contributed by atoms with Crippen LogP contribution in [-0.2, 0) is 11.2 Å². The van der Waals surface area contributed by atoms with E-state index in [0.717, 1.165) is 59.1 Å². The van der Waals surface area contributed by atoms with Crippen LogP contribution in [0.1, 0.15) is 29.5 Å². The van der Waals surface area contributed by atoms with Crippen LogP contribution in [0, 0.1) is 0 Å². The van der Waals surface area contributed by atoms with Gasteiger partial charge < -0.3 is 4.90 Å². The fourth-order valence-corrected chi connectivity index (χ4v) is 4.86. The molecule has 0 unspecified atom stereocenters. The standard InChI is InChI=1S/C26H24N4OS/c31-23(18-22-12-7-17-32-22)30-15-13-21(14-16-30)26-27-24(19-8-3-1-4-9-19)25(28-29-26)20-10-5-2-6-11-20/h1-12,17,21H,13-16,18H2. The quantitative estimate of drug-likeness (QED) is 0.427. The summed E-state index contributed by atoms with van der Waals surface area (Å²) in [6.45, 7) is 1.47. The summed E-state index contributed by atoms with van der Waals surface area (Å²) < 4.78 is 0. The van der Waals surface area contributed by atoms with Crippen molar-refractivity contribution in [2.75, 3.05) is 13.1 Å². The number of likely N-dealkylation sites (tertiary alicyclic amines) is 1. The van der Waals surface area contributed by atoms with Gasteiger partial charge in [-0.2, -0.15) is 0 Å². The van der Waals surface area contributed by atoms with Crippen LogP contribution in [0.3, 0.4) is 0 Å². The Morgan fingerprint density at radius 2 is 1.50 bits per heavy atom. The third kappa shape index (κ3) is 4.46. The fraction of sp³-hybridized carbons (Fsp3) is 0.231. The van der Waals surface area contributed by atoms with Crippen molar-refractivity contribution in [3.63, 3.8) is 0 Å². The average molecular weight is 441 g/mol. The smallest absolute Gasteiger partial charge is 0.227 e. The molecule has 5 nitrogen and oxygen atoms in total. The van der Waals surface area contributed by atoms with Crippen LogP contribution >= 0.6 is 11.3 Å². The number of piperidine rings is 1. The van der Waals surface area contributed by atoms with Gasteiger partial charge in [-0.05, 0) is 24.3 Å². The van der Waals surface area contributed by atoms with Crippen LogP contribution in [-0.4, -0.2) is 39.1 Å². The zero-order valence-electron chi connectivity index (χ0n) is 17.7. The summed E-state index contributed by atoms with van der Waals surface area (Å²) in [4.78, 5) is 20.7. The van der Waals surface area contributed by atoms with E-state index in [-0.39, 0.29) is 11.8 Å². The van der Waals surface area contributed by atoms with Gasteiger partial charge in [0.25, 0.3) is 0 Å². The Hall–Kier alpha value is -3.38. The molecule has 0 bridgehead atoms. The zero-order valence-corrected chi connectivity index (χ0v) is 18.5. The van der Waals surface area contributed by atoms with Crippen molar-refractivity contribution in [2.24, 2.45) is 0 Å². The number of nitrogens with zero attached hydrogens (tertiary/aromatic N) is 4. The van der Waals surface area contributed by atoms with Crippen LogP contribution in [0.25, 0.3) is 22.5 Å². The van der Waals surface area contributed by atoms with Gasteiger partial charge in [0.2, 0.25) is 5.91 Å². The molecule has 0 aliphatic carbocycles. The number of rotatable bonds is 5. The second-order valence-electron chi connectivity index (χ2n) is 8.01. The molecule has 1 aliphatic heterocycles. The summed E-state index contributed by atoms with van der Waals surface area (Å²) in [6, 6.07) is 24.3. The molecular formula is C26H24N4OS. The minimum absolute atomic E-state index is 0.203. The summed E-state index contributed by atoms with van der Waals surface area (Å²) in [6.07, 6.45) is 2.21. The average Bonchev–Trinajstić information content (AvgIpc) is 3.38. The second kappa shape index (κ2) is 9.40. The van der Waals surface area contributed by atoms with Gasteiger partial charge in [0, 0.05) is 35.0 Å². The number of hydrogen-bond donors (Lipinski definition) is 0. The monoisotopic (exact) mass is 440 g/mol. The van der Waals surface area contributed by atoms with Gasteiger partial charge >= 0.3 is 0 Å². The maximum atomic E-state index is 12.6. The van der Waals surface area contributed by atoms with Gasteiger partial charge in [0.1, 0.15) is 11.4 Å². The highest BCUT2D eigenvalue weighted by Gasteiger charge is 2.27. The number of carbonyl (C=O) groups is 1. The van der Waals surface area contributed by atoms with Gasteiger partial charge in [0.05, 0.1) is 6.42 Å². The van der Waals surface area contributed by atoms with Crippen LogP contribution in [0.5, 0.6) is 0 Å². The highest BCUT2D eigenvalue weighted by Crippen LogP contribution is 2.32. The molecule has 1 fully saturated rings. The van der Waals surface area contributed by atoms with Crippen LogP contribution in [0.2, 0.25) is 0 Å². The second-order valence-corrected chi connectivity index (χ2v) is 9.04. The van der Waals surface area contributed by atoms with E-state index in [2.05, 4.69) is 22.3 Å². The number of thiophene rings is 1. The molecule has 1 amide bonds. The molecule has 6 heteroatoms. The van der Waals surface area contributed by atoms with E-state index in [9.17, 15) is 4.79 Å². The Kier molecular flexibility index (Phi) is 6.03. The van der Waals surface area contributed by atoms with Crippen molar-refractivity contribution in [3.8, 4) is 22.5 Å². The van der Waals surface area contributed by atoms with Crippen LogP contribution in [0.15, 0.2) is 78.2 Å². The maximum Gasteiger partial charge on any atom is 0.227 e. The van der Waals surface area contributed by atoms with E-state index < -0.39 is 0 Å². The Morgan fingerprint density at radius 3 is 2.12 bits per heavy atom. The first-order valence-electron chi connectivity index (χ1n) is 10.9. The normalized spacial score (nSPS) is 14.4. The first kappa shape index (κ1) is 20.5. The van der Waals surface area contributed by atoms with E-state index in [1.54, 1.807) is 11.3 Å². The summed E-state index contributed by atoms with van der Waals surface area (Å²) in [7, 11) is 0. The first-order chi connectivity index (χ1) is 15.8. The van der Waals surface area contributed by atoms with E-state index in [1.807, 2.05) is 70.9 Å². The number of amides is 1. The van der Waals surface area contributed by atoms with Gasteiger partial charge in [-0.3, -0.25) is 4.79 Å². The Balaban J connectivity index is 1.36. The molecule has 2 aromatic carbocycles. The molecule has 160 valence electrons. The molecule has 2 aromatic heterocycles. The van der Waals surface area contributed by atoms with Gasteiger partial charge in [0.15, 0.2) is 5.82 Å².